The fourth-order valence-electron chi connectivity index (χ4n) is 1.83. The number of aromatic nitrogens is 1. The van der Waals surface area contributed by atoms with Gasteiger partial charge in [-0.15, -0.1) is 11.3 Å². The average molecular weight is 314 g/mol. The zero-order valence-corrected chi connectivity index (χ0v) is 12.2. The van der Waals surface area contributed by atoms with Crippen LogP contribution in [-0.4, -0.2) is 10.8 Å². The molecule has 1 heterocycles. The second-order valence-electron chi connectivity index (χ2n) is 4.72. The lowest BCUT2D eigenvalue weighted by atomic mass is 10.0. The normalized spacial score (nSPS) is 13.2. The van der Waals surface area contributed by atoms with Crippen LogP contribution in [0.2, 0.25) is 0 Å². The van der Waals surface area contributed by atoms with Crippen LogP contribution in [0.1, 0.15) is 45.2 Å². The fraction of sp³-hybridized carbons (Fsp3) is 0.286. The summed E-state index contributed by atoms with van der Waals surface area (Å²) >= 11 is 1.26. The Labute approximate surface area is 123 Å². The van der Waals surface area contributed by atoms with E-state index in [2.05, 4.69) is 4.98 Å². The molecule has 0 bridgehead atoms. The molecule has 2 N–H and O–H groups in total. The predicted molar refractivity (Wildman–Crippen MR) is 74.3 cm³/mol. The van der Waals surface area contributed by atoms with E-state index in [0.29, 0.717) is 5.01 Å². The van der Waals surface area contributed by atoms with E-state index < -0.39 is 17.5 Å². The number of rotatable bonds is 3. The minimum absolute atomic E-state index is 0.204. The summed E-state index contributed by atoms with van der Waals surface area (Å²) < 4.78 is 37.8. The SMILES string of the molecule is Cc1cc(C(F)(F)F)ccc1C(=O)c1csc(C(C)N)n1. The smallest absolute Gasteiger partial charge is 0.322 e. The Morgan fingerprint density at radius 2 is 2.05 bits per heavy atom. The van der Waals surface area contributed by atoms with Crippen molar-refractivity contribution in [1.82, 2.24) is 4.98 Å². The number of benzene rings is 1. The highest BCUT2D eigenvalue weighted by molar-refractivity contribution is 7.09. The van der Waals surface area contributed by atoms with Crippen LogP contribution < -0.4 is 5.73 Å². The molecule has 7 heteroatoms. The standard InChI is InChI=1S/C14H13F3N2OS/c1-7-5-9(14(15,16)17)3-4-10(7)12(20)11-6-21-13(19-11)8(2)18/h3-6,8H,18H2,1-2H3. The Hall–Kier alpha value is -1.73. The van der Waals surface area contributed by atoms with Gasteiger partial charge in [0.25, 0.3) is 0 Å². The number of hydrogen-bond acceptors (Lipinski definition) is 4. The molecule has 0 saturated carbocycles. The number of nitrogens with zero attached hydrogens (tertiary/aromatic N) is 1. The average Bonchev–Trinajstić information content (AvgIpc) is 2.86. The van der Waals surface area contributed by atoms with E-state index in [-0.39, 0.29) is 22.9 Å². The zero-order chi connectivity index (χ0) is 15.8. The van der Waals surface area contributed by atoms with E-state index >= 15 is 0 Å². The Morgan fingerprint density at radius 1 is 1.38 bits per heavy atom. The number of carbonyl (C=O) groups is 1. The van der Waals surface area contributed by atoms with Gasteiger partial charge >= 0.3 is 6.18 Å². The van der Waals surface area contributed by atoms with Gasteiger partial charge in [0, 0.05) is 10.9 Å². The van der Waals surface area contributed by atoms with Crippen LogP contribution in [0, 0.1) is 6.92 Å². The third kappa shape index (κ3) is 3.30. The van der Waals surface area contributed by atoms with Gasteiger partial charge in [0.05, 0.1) is 11.6 Å². The lowest BCUT2D eigenvalue weighted by molar-refractivity contribution is -0.137. The topological polar surface area (TPSA) is 56.0 Å². The molecule has 0 aliphatic rings. The van der Waals surface area contributed by atoms with Gasteiger partial charge in [-0.25, -0.2) is 4.98 Å². The molecule has 1 atom stereocenters. The number of ketones is 1. The molecule has 0 aliphatic carbocycles. The van der Waals surface area contributed by atoms with Crippen LogP contribution >= 0.6 is 11.3 Å². The summed E-state index contributed by atoms with van der Waals surface area (Å²) in [6.07, 6.45) is -4.42. The minimum Gasteiger partial charge on any atom is -0.322 e. The molecule has 0 saturated heterocycles. The molecule has 2 rings (SSSR count). The highest BCUT2D eigenvalue weighted by Crippen LogP contribution is 2.31. The summed E-state index contributed by atoms with van der Waals surface area (Å²) in [6, 6.07) is 2.77. The Bertz CT molecular complexity index is 677. The third-order valence-corrected chi connectivity index (χ3v) is 3.99. The predicted octanol–water partition coefficient (Wildman–Crippen LogP) is 3.72. The number of carbonyl (C=O) groups excluding carboxylic acids is 1. The van der Waals surface area contributed by atoms with Crippen LogP contribution in [0.15, 0.2) is 23.6 Å². The van der Waals surface area contributed by atoms with Gasteiger partial charge < -0.3 is 5.73 Å². The molecule has 0 amide bonds. The molecule has 112 valence electrons. The van der Waals surface area contributed by atoms with Crippen LogP contribution in [0.25, 0.3) is 0 Å². The summed E-state index contributed by atoms with van der Waals surface area (Å²) in [5, 5.41) is 2.18. The third-order valence-electron chi connectivity index (χ3n) is 2.94. The van der Waals surface area contributed by atoms with E-state index in [0.717, 1.165) is 12.1 Å². The highest BCUT2D eigenvalue weighted by atomic mass is 32.1. The largest absolute Gasteiger partial charge is 0.416 e. The van der Waals surface area contributed by atoms with Crippen molar-refractivity contribution in [3.05, 3.63) is 51.0 Å². The molecule has 0 radical (unpaired) electrons. The van der Waals surface area contributed by atoms with E-state index in [1.165, 1.54) is 24.3 Å². The summed E-state index contributed by atoms with van der Waals surface area (Å²) in [7, 11) is 0. The monoisotopic (exact) mass is 314 g/mol. The Morgan fingerprint density at radius 3 is 2.52 bits per heavy atom. The van der Waals surface area contributed by atoms with Gasteiger partial charge in [-0.05, 0) is 31.5 Å². The number of hydrogen-bond donors (Lipinski definition) is 1. The van der Waals surface area contributed by atoms with Gasteiger partial charge in [-0.1, -0.05) is 6.07 Å². The Kier molecular flexibility index (Phi) is 4.15. The van der Waals surface area contributed by atoms with Gasteiger partial charge in [0.15, 0.2) is 0 Å². The molecule has 0 fully saturated rings. The molecule has 1 aromatic heterocycles. The first-order valence-corrected chi connectivity index (χ1v) is 7.01. The van der Waals surface area contributed by atoms with Crippen molar-refractivity contribution in [2.45, 2.75) is 26.1 Å². The summed E-state index contributed by atoms with van der Waals surface area (Å²) in [4.78, 5) is 16.4. The number of aryl methyl sites for hydroxylation is 1. The van der Waals surface area contributed by atoms with Gasteiger partial charge in [0.1, 0.15) is 10.7 Å². The number of halogens is 3. The lowest BCUT2D eigenvalue weighted by Crippen LogP contribution is -2.10. The van der Waals surface area contributed by atoms with Gasteiger partial charge in [-0.2, -0.15) is 13.2 Å². The fourth-order valence-corrected chi connectivity index (χ4v) is 2.59. The van der Waals surface area contributed by atoms with Crippen molar-refractivity contribution in [1.29, 1.82) is 0 Å². The van der Waals surface area contributed by atoms with Crippen LogP contribution in [0.4, 0.5) is 13.2 Å². The molecular formula is C14H13F3N2OS. The second-order valence-corrected chi connectivity index (χ2v) is 5.61. The van der Waals surface area contributed by atoms with Gasteiger partial charge in [-0.3, -0.25) is 4.79 Å². The Balaban J connectivity index is 2.35. The molecule has 1 unspecified atom stereocenters. The van der Waals surface area contributed by atoms with Crippen molar-refractivity contribution in [2.24, 2.45) is 5.73 Å². The maximum absolute atomic E-state index is 12.6. The molecular weight excluding hydrogens is 301 g/mol. The molecule has 0 spiro atoms. The number of alkyl halides is 3. The maximum atomic E-state index is 12.6. The van der Waals surface area contributed by atoms with Crippen molar-refractivity contribution >= 4 is 17.1 Å². The quantitative estimate of drug-likeness (QED) is 0.878. The molecule has 0 aliphatic heterocycles. The van der Waals surface area contributed by atoms with E-state index in [9.17, 15) is 18.0 Å². The first-order chi connectivity index (χ1) is 9.70. The van der Waals surface area contributed by atoms with Crippen molar-refractivity contribution < 1.29 is 18.0 Å². The molecule has 3 nitrogen and oxygen atoms in total. The first kappa shape index (κ1) is 15.7. The minimum atomic E-state index is -4.42. The van der Waals surface area contributed by atoms with Gasteiger partial charge in [0.2, 0.25) is 5.78 Å². The summed E-state index contributed by atoms with van der Waals surface area (Å²) in [6.45, 7) is 3.22. The lowest BCUT2D eigenvalue weighted by Gasteiger charge is -2.09. The van der Waals surface area contributed by atoms with Crippen LogP contribution in [0.3, 0.4) is 0 Å². The van der Waals surface area contributed by atoms with Crippen LogP contribution in [-0.2, 0) is 6.18 Å². The molecule has 1 aromatic carbocycles. The van der Waals surface area contributed by atoms with E-state index in [1.54, 1.807) is 12.3 Å². The maximum Gasteiger partial charge on any atom is 0.416 e. The summed E-state index contributed by atoms with van der Waals surface area (Å²) in [5.41, 5.74) is 5.59. The highest BCUT2D eigenvalue weighted by Gasteiger charge is 2.31. The van der Waals surface area contributed by atoms with Crippen LogP contribution in [0.5, 0.6) is 0 Å². The molecule has 2 aromatic rings. The zero-order valence-electron chi connectivity index (χ0n) is 11.4. The van der Waals surface area contributed by atoms with E-state index in [4.69, 9.17) is 5.73 Å². The first-order valence-electron chi connectivity index (χ1n) is 6.13. The number of thiazole rings is 1. The van der Waals surface area contributed by atoms with Crippen molar-refractivity contribution in [3.8, 4) is 0 Å². The second kappa shape index (κ2) is 5.57. The van der Waals surface area contributed by atoms with Crippen molar-refractivity contribution in [2.75, 3.05) is 0 Å². The van der Waals surface area contributed by atoms with Crippen molar-refractivity contribution in [3.63, 3.8) is 0 Å². The summed E-state index contributed by atoms with van der Waals surface area (Å²) in [5.74, 6) is -0.399. The van der Waals surface area contributed by atoms with E-state index in [1.807, 2.05) is 0 Å². The molecule has 21 heavy (non-hydrogen) atoms. The number of nitrogens with two attached hydrogens (primary N) is 1.